The summed E-state index contributed by atoms with van der Waals surface area (Å²) in [6, 6.07) is 16.3. The summed E-state index contributed by atoms with van der Waals surface area (Å²) in [5.41, 5.74) is 2.80. The van der Waals surface area contributed by atoms with E-state index in [0.29, 0.717) is 50.0 Å². The Morgan fingerprint density at radius 2 is 1.73 bits per heavy atom. The highest BCUT2D eigenvalue weighted by Crippen LogP contribution is 2.33. The van der Waals surface area contributed by atoms with Gasteiger partial charge in [0.25, 0.3) is 0 Å². The molecule has 0 saturated carbocycles. The van der Waals surface area contributed by atoms with Gasteiger partial charge in [-0.3, -0.25) is 4.79 Å². The monoisotopic (exact) mass is 565 g/mol. The predicted octanol–water partition coefficient (Wildman–Crippen LogP) is 4.18. The molecule has 0 spiro atoms. The second-order valence-electron chi connectivity index (χ2n) is 9.54. The van der Waals surface area contributed by atoms with Crippen molar-refractivity contribution >= 4 is 17.8 Å². The minimum atomic E-state index is -4.78. The van der Waals surface area contributed by atoms with Crippen molar-refractivity contribution < 1.29 is 22.8 Å². The third kappa shape index (κ3) is 7.72. The number of carbonyl (C=O) groups excluding carboxylic acids is 2. The van der Waals surface area contributed by atoms with Gasteiger partial charge in [-0.1, -0.05) is 36.4 Å². The lowest BCUT2D eigenvalue weighted by Gasteiger charge is -2.26. The summed E-state index contributed by atoms with van der Waals surface area (Å²) in [6.07, 6.45) is -3.12. The summed E-state index contributed by atoms with van der Waals surface area (Å²) in [4.78, 5) is 33.9. The summed E-state index contributed by atoms with van der Waals surface area (Å²) in [5.74, 6) is -1.53. The molecule has 3 N–H and O–H groups in total. The second kappa shape index (κ2) is 13.1. The van der Waals surface area contributed by atoms with Crippen LogP contribution >= 0.6 is 0 Å². The van der Waals surface area contributed by atoms with Crippen LogP contribution in [0.2, 0.25) is 0 Å². The van der Waals surface area contributed by atoms with Gasteiger partial charge in [0, 0.05) is 37.8 Å². The Bertz CT molecular complexity index is 1400. The highest BCUT2D eigenvalue weighted by Gasteiger charge is 2.38. The lowest BCUT2D eigenvalue weighted by Crippen LogP contribution is -2.44. The smallest absolute Gasteiger partial charge is 0.354 e. The molecular weight excluding hydrogens is 535 g/mol. The van der Waals surface area contributed by atoms with Crippen molar-refractivity contribution in [2.75, 3.05) is 24.5 Å². The fourth-order valence-electron chi connectivity index (χ4n) is 4.56. The van der Waals surface area contributed by atoms with E-state index in [0.717, 1.165) is 11.1 Å². The van der Waals surface area contributed by atoms with Gasteiger partial charge >= 0.3 is 12.2 Å². The average molecular weight is 566 g/mol. The zero-order valence-corrected chi connectivity index (χ0v) is 22.5. The summed E-state index contributed by atoms with van der Waals surface area (Å²) in [5, 5.41) is 17.1. The van der Waals surface area contributed by atoms with Crippen LogP contribution in [0.1, 0.15) is 42.3 Å². The van der Waals surface area contributed by atoms with E-state index < -0.39 is 18.0 Å². The van der Waals surface area contributed by atoms with Crippen molar-refractivity contribution in [1.29, 1.82) is 5.26 Å². The molecule has 1 aliphatic rings. The summed E-state index contributed by atoms with van der Waals surface area (Å²) < 4.78 is 41.4. The molecule has 1 aliphatic heterocycles. The number of carbonyl (C=O) groups is 2. The predicted molar refractivity (Wildman–Crippen MR) is 147 cm³/mol. The number of nitriles is 1. The fourth-order valence-corrected chi connectivity index (χ4v) is 4.56. The highest BCUT2D eigenvalue weighted by molar-refractivity contribution is 5.85. The minimum Gasteiger partial charge on any atom is -0.354 e. The van der Waals surface area contributed by atoms with Crippen molar-refractivity contribution in [2.45, 2.75) is 44.9 Å². The number of rotatable bonds is 9. The maximum absolute atomic E-state index is 13.8. The van der Waals surface area contributed by atoms with Gasteiger partial charge in [-0.05, 0) is 49.4 Å². The third-order valence-electron chi connectivity index (χ3n) is 6.65. The van der Waals surface area contributed by atoms with E-state index >= 15 is 0 Å². The van der Waals surface area contributed by atoms with Crippen molar-refractivity contribution in [3.63, 3.8) is 0 Å². The van der Waals surface area contributed by atoms with Crippen LogP contribution in [0.3, 0.4) is 0 Å². The minimum absolute atomic E-state index is 0.0362. The van der Waals surface area contributed by atoms with E-state index in [4.69, 9.17) is 5.26 Å². The molecule has 3 amide bonds. The van der Waals surface area contributed by atoms with E-state index in [1.54, 1.807) is 48.2 Å². The van der Waals surface area contributed by atoms with Crippen molar-refractivity contribution in [2.24, 2.45) is 0 Å². The topological polar surface area (TPSA) is 123 Å². The number of hydrogen-bond donors (Lipinski definition) is 3. The summed E-state index contributed by atoms with van der Waals surface area (Å²) in [7, 11) is 0. The Labute approximate surface area is 235 Å². The van der Waals surface area contributed by atoms with E-state index in [1.165, 1.54) is 6.07 Å². The number of alkyl halides is 3. The molecule has 0 bridgehead atoms. The average Bonchev–Trinajstić information content (AvgIpc) is 3.47. The van der Waals surface area contributed by atoms with Gasteiger partial charge < -0.3 is 20.9 Å². The maximum atomic E-state index is 13.8. The molecule has 12 heteroatoms. The number of halogens is 3. The van der Waals surface area contributed by atoms with Crippen LogP contribution in [0, 0.1) is 11.3 Å². The molecule has 0 aliphatic carbocycles. The number of aromatic nitrogens is 2. The van der Waals surface area contributed by atoms with Gasteiger partial charge in [-0.15, -0.1) is 0 Å². The van der Waals surface area contributed by atoms with Crippen molar-refractivity contribution in [3.8, 4) is 17.3 Å². The van der Waals surface area contributed by atoms with Gasteiger partial charge in [0.2, 0.25) is 11.7 Å². The van der Waals surface area contributed by atoms with Gasteiger partial charge in [0.15, 0.2) is 0 Å². The SMILES string of the molecule is CCNC(=O)NCc1ccc(-c2cc(N3CCC[C@H]3C(=O)NCCc3ccc(C#N)cc3)nc(C(F)(F)F)n2)cc1. The molecule has 214 valence electrons. The Balaban J connectivity index is 1.49. The molecule has 1 saturated heterocycles. The summed E-state index contributed by atoms with van der Waals surface area (Å²) >= 11 is 0. The molecule has 9 nitrogen and oxygen atoms in total. The standard InChI is InChI=1S/C29H30F3N7O2/c1-2-34-28(41)36-18-21-9-11-22(12-10-21)23-16-25(38-27(37-23)29(30,31)32)39-15-3-4-24(39)26(40)35-14-13-19-5-7-20(17-33)8-6-19/h5-12,16,24H,2-4,13-15,18H2,1H3,(H,35,40)(H2,34,36,41)/t24-/m0/s1. The van der Waals surface area contributed by atoms with Crippen LogP contribution in [-0.4, -0.2) is 47.6 Å². The Hall–Kier alpha value is -4.66. The van der Waals surface area contributed by atoms with E-state index in [1.807, 2.05) is 12.1 Å². The lowest BCUT2D eigenvalue weighted by molar-refractivity contribution is -0.144. The van der Waals surface area contributed by atoms with Crippen LogP contribution in [-0.2, 0) is 23.9 Å². The molecule has 1 aromatic heterocycles. The van der Waals surface area contributed by atoms with E-state index in [2.05, 4.69) is 32.0 Å². The molecule has 41 heavy (non-hydrogen) atoms. The van der Waals surface area contributed by atoms with Crippen LogP contribution < -0.4 is 20.9 Å². The van der Waals surface area contributed by atoms with Gasteiger partial charge in [-0.2, -0.15) is 18.4 Å². The molecule has 0 unspecified atom stereocenters. The molecule has 2 heterocycles. The normalized spacial score (nSPS) is 14.8. The third-order valence-corrected chi connectivity index (χ3v) is 6.65. The van der Waals surface area contributed by atoms with Gasteiger partial charge in [-0.25, -0.2) is 14.8 Å². The zero-order chi connectivity index (χ0) is 29.4. The Morgan fingerprint density at radius 3 is 2.39 bits per heavy atom. The van der Waals surface area contributed by atoms with Crippen LogP contribution in [0.4, 0.5) is 23.8 Å². The number of hydrogen-bond acceptors (Lipinski definition) is 6. The van der Waals surface area contributed by atoms with Crippen molar-refractivity contribution in [1.82, 2.24) is 25.9 Å². The molecule has 0 radical (unpaired) electrons. The lowest BCUT2D eigenvalue weighted by atomic mass is 10.1. The van der Waals surface area contributed by atoms with Gasteiger partial charge in [0.1, 0.15) is 11.9 Å². The first kappa shape index (κ1) is 29.3. The molecule has 2 aromatic carbocycles. The molecule has 1 fully saturated rings. The number of nitrogens with zero attached hydrogens (tertiary/aromatic N) is 4. The highest BCUT2D eigenvalue weighted by atomic mass is 19.4. The maximum Gasteiger partial charge on any atom is 0.451 e. The first-order valence-corrected chi connectivity index (χ1v) is 13.3. The number of benzene rings is 2. The Kier molecular flexibility index (Phi) is 9.39. The summed E-state index contributed by atoms with van der Waals surface area (Å²) in [6.45, 7) is 3.27. The molecule has 4 rings (SSSR count). The molecule has 3 aromatic rings. The number of nitrogens with one attached hydrogen (secondary N) is 3. The van der Waals surface area contributed by atoms with E-state index in [-0.39, 0.29) is 30.0 Å². The van der Waals surface area contributed by atoms with Gasteiger partial charge in [0.05, 0.1) is 17.3 Å². The number of anilines is 1. The number of urea groups is 1. The molecule has 1 atom stereocenters. The first-order chi connectivity index (χ1) is 19.7. The zero-order valence-electron chi connectivity index (χ0n) is 22.5. The van der Waals surface area contributed by atoms with Crippen LogP contribution in [0.15, 0.2) is 54.6 Å². The largest absolute Gasteiger partial charge is 0.451 e. The first-order valence-electron chi connectivity index (χ1n) is 13.3. The Morgan fingerprint density at radius 1 is 1.02 bits per heavy atom. The molecular formula is C29H30F3N7O2. The van der Waals surface area contributed by atoms with Crippen LogP contribution in [0.5, 0.6) is 0 Å². The second-order valence-corrected chi connectivity index (χ2v) is 9.54. The van der Waals surface area contributed by atoms with E-state index in [9.17, 15) is 22.8 Å². The quantitative estimate of drug-likeness (QED) is 0.358. The number of amides is 3. The fraction of sp³-hybridized carbons (Fsp3) is 0.345. The van der Waals surface area contributed by atoms with Crippen LogP contribution in [0.25, 0.3) is 11.3 Å². The van der Waals surface area contributed by atoms with Crippen molar-refractivity contribution in [3.05, 3.63) is 77.1 Å².